The summed E-state index contributed by atoms with van der Waals surface area (Å²) in [4.78, 5) is 26.5. The van der Waals surface area contributed by atoms with Gasteiger partial charge in [0.1, 0.15) is 0 Å². The zero-order valence-corrected chi connectivity index (χ0v) is 12.7. The number of carboxylic acids is 1. The molecule has 1 aliphatic heterocycles. The van der Waals surface area contributed by atoms with Gasteiger partial charge in [-0.2, -0.15) is 0 Å². The molecule has 1 aromatic rings. The van der Waals surface area contributed by atoms with E-state index in [-0.39, 0.29) is 12.5 Å². The second-order valence-corrected chi connectivity index (χ2v) is 5.77. The predicted octanol–water partition coefficient (Wildman–Crippen LogP) is 1.22. The number of piperazine rings is 1. The molecule has 1 saturated heterocycles. The molecule has 1 aromatic carbocycles. The summed E-state index contributed by atoms with van der Waals surface area (Å²) in [6.45, 7) is 2.49. The maximum absolute atomic E-state index is 12.2. The molecule has 0 bridgehead atoms. The maximum Gasteiger partial charge on any atom is 0.317 e. The number of hydrogen-bond donors (Lipinski definition) is 1. The van der Waals surface area contributed by atoms with Gasteiger partial charge in [-0.05, 0) is 17.7 Å². The van der Waals surface area contributed by atoms with Gasteiger partial charge in [0.05, 0.1) is 13.0 Å². The molecule has 1 N–H and O–H groups in total. The quantitative estimate of drug-likeness (QED) is 0.895. The molecule has 0 aromatic heterocycles. The van der Waals surface area contributed by atoms with Crippen molar-refractivity contribution < 1.29 is 14.7 Å². The maximum atomic E-state index is 12.2. The number of carboxylic acid groups (broad SMARTS) is 1. The van der Waals surface area contributed by atoms with Gasteiger partial charge in [0.25, 0.3) is 0 Å². The highest BCUT2D eigenvalue weighted by molar-refractivity contribution is 9.10. The Labute approximate surface area is 126 Å². The van der Waals surface area contributed by atoms with E-state index in [4.69, 9.17) is 5.11 Å². The summed E-state index contributed by atoms with van der Waals surface area (Å²) >= 11 is 3.39. The number of rotatable bonds is 4. The average molecular weight is 341 g/mol. The van der Waals surface area contributed by atoms with Crippen LogP contribution in [-0.4, -0.2) is 59.5 Å². The van der Waals surface area contributed by atoms with Crippen molar-refractivity contribution in [1.29, 1.82) is 0 Å². The highest BCUT2D eigenvalue weighted by Gasteiger charge is 2.22. The van der Waals surface area contributed by atoms with Crippen LogP contribution < -0.4 is 0 Å². The molecular formula is C14H17BrN2O3. The zero-order chi connectivity index (χ0) is 14.5. The highest BCUT2D eigenvalue weighted by atomic mass is 79.9. The van der Waals surface area contributed by atoms with E-state index in [0.717, 1.165) is 10.0 Å². The Hall–Kier alpha value is -1.40. The van der Waals surface area contributed by atoms with Gasteiger partial charge in [-0.15, -0.1) is 0 Å². The van der Waals surface area contributed by atoms with E-state index in [1.165, 1.54) is 0 Å². The molecule has 0 radical (unpaired) electrons. The lowest BCUT2D eigenvalue weighted by Crippen LogP contribution is -2.50. The molecule has 5 nitrogen and oxygen atoms in total. The van der Waals surface area contributed by atoms with Gasteiger partial charge >= 0.3 is 5.97 Å². The van der Waals surface area contributed by atoms with Gasteiger partial charge in [-0.3, -0.25) is 14.5 Å². The van der Waals surface area contributed by atoms with Gasteiger partial charge in [-0.1, -0.05) is 28.1 Å². The minimum atomic E-state index is -0.820. The fourth-order valence-electron chi connectivity index (χ4n) is 2.28. The number of benzene rings is 1. The number of halogens is 1. The third-order valence-corrected chi connectivity index (χ3v) is 3.82. The number of nitrogens with zero attached hydrogens (tertiary/aromatic N) is 2. The third-order valence-electron chi connectivity index (χ3n) is 3.33. The van der Waals surface area contributed by atoms with Crippen molar-refractivity contribution in [3.05, 3.63) is 34.3 Å². The van der Waals surface area contributed by atoms with E-state index in [1.54, 1.807) is 4.90 Å². The summed E-state index contributed by atoms with van der Waals surface area (Å²) in [6.07, 6.45) is 0.387. The molecule has 2 rings (SSSR count). The number of carbonyl (C=O) groups is 2. The van der Waals surface area contributed by atoms with Crippen LogP contribution in [-0.2, 0) is 16.0 Å². The summed E-state index contributed by atoms with van der Waals surface area (Å²) in [5.41, 5.74) is 0.984. The third kappa shape index (κ3) is 4.31. The van der Waals surface area contributed by atoms with Gasteiger partial charge < -0.3 is 10.0 Å². The monoisotopic (exact) mass is 340 g/mol. The van der Waals surface area contributed by atoms with E-state index in [9.17, 15) is 9.59 Å². The van der Waals surface area contributed by atoms with Crippen LogP contribution in [0.5, 0.6) is 0 Å². The molecule has 6 heteroatoms. The van der Waals surface area contributed by atoms with Crippen LogP contribution in [0.2, 0.25) is 0 Å². The summed E-state index contributed by atoms with van der Waals surface area (Å²) in [5.74, 6) is -0.725. The second-order valence-electron chi connectivity index (χ2n) is 4.86. The van der Waals surface area contributed by atoms with Crippen LogP contribution in [0.15, 0.2) is 28.7 Å². The first kappa shape index (κ1) is 15.0. The van der Waals surface area contributed by atoms with Crippen LogP contribution in [0.4, 0.5) is 0 Å². The predicted molar refractivity (Wildman–Crippen MR) is 78.5 cm³/mol. The van der Waals surface area contributed by atoms with Crippen LogP contribution in [0.3, 0.4) is 0 Å². The van der Waals surface area contributed by atoms with Crippen molar-refractivity contribution in [2.24, 2.45) is 0 Å². The lowest BCUT2D eigenvalue weighted by molar-refractivity contribution is -0.139. The number of carbonyl (C=O) groups excluding carboxylic acids is 1. The molecule has 1 heterocycles. The number of aliphatic carboxylic acids is 1. The number of hydrogen-bond acceptors (Lipinski definition) is 3. The second kappa shape index (κ2) is 6.85. The summed E-state index contributed by atoms with van der Waals surface area (Å²) in [7, 11) is 0. The van der Waals surface area contributed by atoms with E-state index in [0.29, 0.717) is 32.6 Å². The van der Waals surface area contributed by atoms with Crippen molar-refractivity contribution in [3.63, 3.8) is 0 Å². The van der Waals surface area contributed by atoms with E-state index in [1.807, 2.05) is 29.2 Å². The lowest BCUT2D eigenvalue weighted by Gasteiger charge is -2.33. The van der Waals surface area contributed by atoms with E-state index in [2.05, 4.69) is 15.9 Å². The van der Waals surface area contributed by atoms with Gasteiger partial charge in [0.15, 0.2) is 0 Å². The molecule has 1 aliphatic rings. The average Bonchev–Trinajstić information content (AvgIpc) is 2.38. The molecule has 0 unspecified atom stereocenters. The Morgan fingerprint density at radius 3 is 2.50 bits per heavy atom. The molecule has 0 aliphatic carbocycles. The first-order valence-electron chi connectivity index (χ1n) is 6.51. The minimum absolute atomic E-state index is 0.0493. The fourth-order valence-corrected chi connectivity index (χ4v) is 2.73. The molecule has 20 heavy (non-hydrogen) atoms. The van der Waals surface area contributed by atoms with E-state index >= 15 is 0 Å². The van der Waals surface area contributed by atoms with Crippen molar-refractivity contribution in [2.45, 2.75) is 6.42 Å². The SMILES string of the molecule is O=C(O)CN1CCN(C(=O)Cc2cccc(Br)c2)CC1. The highest BCUT2D eigenvalue weighted by Crippen LogP contribution is 2.13. The number of amides is 1. The summed E-state index contributed by atoms with van der Waals surface area (Å²) < 4.78 is 0.967. The van der Waals surface area contributed by atoms with Gasteiger partial charge in [0, 0.05) is 30.7 Å². The van der Waals surface area contributed by atoms with Crippen LogP contribution >= 0.6 is 15.9 Å². The molecule has 0 saturated carbocycles. The van der Waals surface area contributed by atoms with Crippen LogP contribution in [0, 0.1) is 0 Å². The van der Waals surface area contributed by atoms with Crippen LogP contribution in [0.25, 0.3) is 0 Å². The van der Waals surface area contributed by atoms with Gasteiger partial charge in [-0.25, -0.2) is 0 Å². The Bertz CT molecular complexity index is 499. The van der Waals surface area contributed by atoms with Crippen molar-refractivity contribution in [1.82, 2.24) is 9.80 Å². The zero-order valence-electron chi connectivity index (χ0n) is 11.1. The Kier molecular flexibility index (Phi) is 5.14. The smallest absolute Gasteiger partial charge is 0.317 e. The summed E-state index contributed by atoms with van der Waals surface area (Å²) in [5, 5.41) is 8.73. The first-order valence-corrected chi connectivity index (χ1v) is 7.30. The Morgan fingerprint density at radius 1 is 1.20 bits per heavy atom. The Morgan fingerprint density at radius 2 is 1.90 bits per heavy atom. The molecule has 0 spiro atoms. The largest absolute Gasteiger partial charge is 0.480 e. The first-order chi connectivity index (χ1) is 9.54. The normalized spacial score (nSPS) is 16.1. The Balaban J connectivity index is 1.84. The lowest BCUT2D eigenvalue weighted by atomic mass is 10.1. The molecular weight excluding hydrogens is 324 g/mol. The molecule has 108 valence electrons. The van der Waals surface area contributed by atoms with Crippen molar-refractivity contribution in [2.75, 3.05) is 32.7 Å². The van der Waals surface area contributed by atoms with Crippen molar-refractivity contribution >= 4 is 27.8 Å². The standard InChI is InChI=1S/C14H17BrN2O3/c15-12-3-1-2-11(8-12)9-13(18)17-6-4-16(5-7-17)10-14(19)20/h1-3,8H,4-7,9-10H2,(H,19,20). The van der Waals surface area contributed by atoms with Gasteiger partial charge in [0.2, 0.25) is 5.91 Å². The van der Waals surface area contributed by atoms with Crippen LogP contribution in [0.1, 0.15) is 5.56 Å². The summed E-state index contributed by atoms with van der Waals surface area (Å²) in [6, 6.07) is 7.72. The minimum Gasteiger partial charge on any atom is -0.480 e. The molecule has 1 amide bonds. The van der Waals surface area contributed by atoms with Crippen molar-refractivity contribution in [3.8, 4) is 0 Å². The fraction of sp³-hybridized carbons (Fsp3) is 0.429. The van der Waals surface area contributed by atoms with E-state index < -0.39 is 5.97 Å². The molecule has 1 fully saturated rings. The molecule has 0 atom stereocenters. The topological polar surface area (TPSA) is 60.9 Å².